The fourth-order valence-corrected chi connectivity index (χ4v) is 2.39. The van der Waals surface area contributed by atoms with E-state index in [0.717, 1.165) is 12.1 Å². The first kappa shape index (κ1) is 15.7. The van der Waals surface area contributed by atoms with Crippen LogP contribution in [0.15, 0.2) is 36.4 Å². The summed E-state index contributed by atoms with van der Waals surface area (Å²) in [6.07, 6.45) is 0.483. The topological polar surface area (TPSA) is 29.1 Å². The zero-order valence-electron chi connectivity index (χ0n) is 10.8. The Labute approximate surface area is 130 Å². The predicted octanol–water partition coefficient (Wildman–Crippen LogP) is 4.84. The van der Waals surface area contributed by atoms with Crippen LogP contribution in [0.4, 0.5) is 14.5 Å². The molecule has 0 aliphatic rings. The number of rotatable bonds is 4. The molecule has 0 aliphatic heterocycles. The zero-order valence-corrected chi connectivity index (χ0v) is 12.3. The highest BCUT2D eigenvalue weighted by molar-refractivity contribution is 6.36. The van der Waals surface area contributed by atoms with Crippen molar-refractivity contribution in [3.05, 3.63) is 63.6 Å². The fourth-order valence-electron chi connectivity index (χ4n) is 1.81. The SMILES string of the molecule is O=C(CCc1c(Cl)cccc1Cl)Nc1ccc(F)c(F)c1. The summed E-state index contributed by atoms with van der Waals surface area (Å²) in [5, 5.41) is 3.47. The number of halogens is 4. The summed E-state index contributed by atoms with van der Waals surface area (Å²) in [6, 6.07) is 8.27. The Morgan fingerprint density at radius 2 is 1.71 bits per heavy atom. The van der Waals surface area contributed by atoms with E-state index >= 15 is 0 Å². The Hall–Kier alpha value is -1.65. The average Bonchev–Trinajstić information content (AvgIpc) is 2.42. The Bertz CT molecular complexity index is 656. The van der Waals surface area contributed by atoms with Crippen LogP contribution in [0, 0.1) is 11.6 Å². The van der Waals surface area contributed by atoms with Crippen molar-refractivity contribution >= 4 is 34.8 Å². The van der Waals surface area contributed by atoms with E-state index in [9.17, 15) is 13.6 Å². The van der Waals surface area contributed by atoms with E-state index < -0.39 is 11.6 Å². The number of nitrogens with one attached hydrogen (secondary N) is 1. The lowest BCUT2D eigenvalue weighted by atomic mass is 10.1. The van der Waals surface area contributed by atoms with E-state index in [0.29, 0.717) is 22.0 Å². The number of hydrogen-bond acceptors (Lipinski definition) is 1. The first-order chi connectivity index (χ1) is 9.97. The smallest absolute Gasteiger partial charge is 0.224 e. The van der Waals surface area contributed by atoms with Crippen molar-refractivity contribution < 1.29 is 13.6 Å². The first-order valence-electron chi connectivity index (χ1n) is 6.15. The highest BCUT2D eigenvalue weighted by atomic mass is 35.5. The molecule has 0 saturated heterocycles. The molecular formula is C15H11Cl2F2NO. The molecule has 2 aromatic carbocycles. The molecule has 2 aromatic rings. The second-order valence-electron chi connectivity index (χ2n) is 4.38. The zero-order chi connectivity index (χ0) is 15.4. The third-order valence-corrected chi connectivity index (χ3v) is 3.58. The second kappa shape index (κ2) is 6.87. The maximum absolute atomic E-state index is 13.0. The molecule has 0 aliphatic carbocycles. The van der Waals surface area contributed by atoms with E-state index in [1.54, 1.807) is 18.2 Å². The quantitative estimate of drug-likeness (QED) is 0.854. The van der Waals surface area contributed by atoms with Crippen LogP contribution in [0.2, 0.25) is 10.0 Å². The van der Waals surface area contributed by atoms with Crippen molar-refractivity contribution in [1.82, 2.24) is 0 Å². The molecule has 0 bridgehead atoms. The molecule has 1 amide bonds. The van der Waals surface area contributed by atoms with Crippen molar-refractivity contribution in [3.8, 4) is 0 Å². The molecule has 0 radical (unpaired) electrons. The maximum atomic E-state index is 13.0. The van der Waals surface area contributed by atoms with Crippen LogP contribution >= 0.6 is 23.2 Å². The fraction of sp³-hybridized carbons (Fsp3) is 0.133. The normalized spacial score (nSPS) is 10.5. The van der Waals surface area contributed by atoms with E-state index in [2.05, 4.69) is 5.32 Å². The number of benzene rings is 2. The van der Waals surface area contributed by atoms with Crippen LogP contribution in [0.25, 0.3) is 0 Å². The minimum absolute atomic E-state index is 0.127. The number of amides is 1. The molecule has 1 N–H and O–H groups in total. The molecule has 0 atom stereocenters. The number of carbonyl (C=O) groups excluding carboxylic acids is 1. The first-order valence-corrected chi connectivity index (χ1v) is 6.91. The van der Waals surface area contributed by atoms with Gasteiger partial charge in [0.2, 0.25) is 5.91 Å². The van der Waals surface area contributed by atoms with Gasteiger partial charge in [0.1, 0.15) is 0 Å². The standard InChI is InChI=1S/C15H11Cl2F2NO/c16-11-2-1-3-12(17)10(11)5-7-15(21)20-9-4-6-13(18)14(19)8-9/h1-4,6,8H,5,7H2,(H,20,21). The molecular weight excluding hydrogens is 319 g/mol. The van der Waals surface area contributed by atoms with Crippen LogP contribution in [-0.4, -0.2) is 5.91 Å². The number of anilines is 1. The highest BCUT2D eigenvalue weighted by Gasteiger charge is 2.10. The molecule has 0 spiro atoms. The Morgan fingerprint density at radius 1 is 1.05 bits per heavy atom. The summed E-state index contributed by atoms with van der Waals surface area (Å²) in [4.78, 5) is 11.8. The van der Waals surface area contributed by atoms with E-state index in [4.69, 9.17) is 23.2 Å². The van der Waals surface area contributed by atoms with Gasteiger partial charge in [0.05, 0.1) is 0 Å². The highest BCUT2D eigenvalue weighted by Crippen LogP contribution is 2.25. The van der Waals surface area contributed by atoms with Gasteiger partial charge in [-0.15, -0.1) is 0 Å². The predicted molar refractivity (Wildman–Crippen MR) is 79.8 cm³/mol. The molecule has 0 fully saturated rings. The van der Waals surface area contributed by atoms with Gasteiger partial charge in [-0.25, -0.2) is 8.78 Å². The van der Waals surface area contributed by atoms with Crippen molar-refractivity contribution in [2.24, 2.45) is 0 Å². The lowest BCUT2D eigenvalue weighted by Crippen LogP contribution is -2.12. The Balaban J connectivity index is 1.97. The summed E-state index contributed by atoms with van der Waals surface area (Å²) < 4.78 is 25.8. The molecule has 2 nitrogen and oxygen atoms in total. The van der Waals surface area contributed by atoms with Gasteiger partial charge in [-0.3, -0.25) is 4.79 Å². The molecule has 0 saturated carbocycles. The van der Waals surface area contributed by atoms with Crippen LogP contribution < -0.4 is 5.32 Å². The minimum Gasteiger partial charge on any atom is -0.326 e. The van der Waals surface area contributed by atoms with Gasteiger partial charge in [0.25, 0.3) is 0 Å². The van der Waals surface area contributed by atoms with Gasteiger partial charge >= 0.3 is 0 Å². The number of carbonyl (C=O) groups is 1. The van der Waals surface area contributed by atoms with Crippen LogP contribution in [0.3, 0.4) is 0 Å². The van der Waals surface area contributed by atoms with Crippen molar-refractivity contribution in [1.29, 1.82) is 0 Å². The third-order valence-electron chi connectivity index (χ3n) is 2.87. The lowest BCUT2D eigenvalue weighted by molar-refractivity contribution is -0.116. The molecule has 2 rings (SSSR count). The van der Waals surface area contributed by atoms with Crippen LogP contribution in [-0.2, 0) is 11.2 Å². The van der Waals surface area contributed by atoms with Gasteiger partial charge in [0.15, 0.2) is 11.6 Å². The Kier molecular flexibility index (Phi) is 5.15. The van der Waals surface area contributed by atoms with Gasteiger partial charge in [-0.05, 0) is 36.2 Å². The summed E-state index contributed by atoms with van der Waals surface area (Å²) >= 11 is 12.0. The summed E-state index contributed by atoms with van der Waals surface area (Å²) in [5.41, 5.74) is 0.880. The van der Waals surface area contributed by atoms with Gasteiger partial charge in [0, 0.05) is 28.2 Å². The summed E-state index contributed by atoms with van der Waals surface area (Å²) in [5.74, 6) is -2.31. The van der Waals surface area contributed by atoms with Crippen LogP contribution in [0.1, 0.15) is 12.0 Å². The molecule has 21 heavy (non-hydrogen) atoms. The molecule has 0 heterocycles. The van der Waals surface area contributed by atoms with Crippen molar-refractivity contribution in [3.63, 3.8) is 0 Å². The number of hydrogen-bond donors (Lipinski definition) is 1. The third kappa shape index (κ3) is 4.16. The van der Waals surface area contributed by atoms with E-state index in [-0.39, 0.29) is 18.0 Å². The van der Waals surface area contributed by atoms with Crippen molar-refractivity contribution in [2.45, 2.75) is 12.8 Å². The molecule has 0 unspecified atom stereocenters. The van der Waals surface area contributed by atoms with Gasteiger partial charge in [-0.2, -0.15) is 0 Å². The maximum Gasteiger partial charge on any atom is 0.224 e. The second-order valence-corrected chi connectivity index (χ2v) is 5.19. The average molecular weight is 330 g/mol. The largest absolute Gasteiger partial charge is 0.326 e. The summed E-state index contributed by atoms with van der Waals surface area (Å²) in [7, 11) is 0. The minimum atomic E-state index is -1.01. The van der Waals surface area contributed by atoms with Crippen LogP contribution in [0.5, 0.6) is 0 Å². The van der Waals surface area contributed by atoms with Gasteiger partial charge in [-0.1, -0.05) is 29.3 Å². The van der Waals surface area contributed by atoms with Crippen molar-refractivity contribution in [2.75, 3.05) is 5.32 Å². The lowest BCUT2D eigenvalue weighted by Gasteiger charge is -2.08. The molecule has 0 aromatic heterocycles. The molecule has 110 valence electrons. The summed E-state index contributed by atoms with van der Waals surface area (Å²) in [6.45, 7) is 0. The van der Waals surface area contributed by atoms with E-state index in [1.165, 1.54) is 6.07 Å². The van der Waals surface area contributed by atoms with E-state index in [1.807, 2.05) is 0 Å². The molecule has 6 heteroatoms. The van der Waals surface area contributed by atoms with Gasteiger partial charge < -0.3 is 5.32 Å². The Morgan fingerprint density at radius 3 is 2.33 bits per heavy atom. The monoisotopic (exact) mass is 329 g/mol.